The molecule has 0 saturated carbocycles. The number of amides is 1. The molecule has 5 nitrogen and oxygen atoms in total. The van der Waals surface area contributed by atoms with E-state index in [1.165, 1.54) is 0 Å². The minimum Gasteiger partial charge on any atom is -0.347 e. The van der Waals surface area contributed by atoms with Crippen LogP contribution < -0.4 is 5.32 Å². The van der Waals surface area contributed by atoms with Crippen molar-refractivity contribution in [3.63, 3.8) is 0 Å². The highest BCUT2D eigenvalue weighted by Crippen LogP contribution is 1.99. The van der Waals surface area contributed by atoms with Crippen LogP contribution in [0.1, 0.15) is 21.7 Å². The Morgan fingerprint density at radius 2 is 2.19 bits per heavy atom. The Balaban J connectivity index is 1.94. The first-order valence-electron chi connectivity index (χ1n) is 4.95. The van der Waals surface area contributed by atoms with Gasteiger partial charge in [0.25, 0.3) is 5.91 Å². The molecule has 2 N–H and O–H groups in total. The maximum absolute atomic E-state index is 11.6. The number of aromatic amines is 1. The number of carbonyl (C=O) groups excluding carboxylic acids is 1. The third-order valence-corrected chi connectivity index (χ3v) is 2.14. The molecule has 82 valence electrons. The highest BCUT2D eigenvalue weighted by Gasteiger charge is 2.07. The second kappa shape index (κ2) is 4.57. The number of nitrogens with zero attached hydrogens (tertiary/aromatic N) is 2. The largest absolute Gasteiger partial charge is 0.347 e. The summed E-state index contributed by atoms with van der Waals surface area (Å²) >= 11 is 0. The van der Waals surface area contributed by atoms with Crippen molar-refractivity contribution in [3.05, 3.63) is 47.5 Å². The molecule has 0 fully saturated rings. The minimum atomic E-state index is -0.179. The van der Waals surface area contributed by atoms with Gasteiger partial charge in [0.15, 0.2) is 0 Å². The summed E-state index contributed by atoms with van der Waals surface area (Å²) in [5.41, 5.74) is 2.29. The van der Waals surface area contributed by atoms with Crippen molar-refractivity contribution in [2.24, 2.45) is 0 Å². The van der Waals surface area contributed by atoms with Gasteiger partial charge in [0.2, 0.25) is 0 Å². The van der Waals surface area contributed by atoms with Gasteiger partial charge in [0, 0.05) is 24.6 Å². The predicted octanol–water partition coefficient (Wildman–Crippen LogP) is 1.04. The van der Waals surface area contributed by atoms with Crippen molar-refractivity contribution in [2.45, 2.75) is 13.5 Å². The van der Waals surface area contributed by atoms with Crippen molar-refractivity contribution < 1.29 is 4.79 Å². The SMILES string of the molecule is Cc1cc(C(=O)NCc2ccncc2)n[nH]1. The highest BCUT2D eigenvalue weighted by atomic mass is 16.1. The molecule has 2 aromatic heterocycles. The van der Waals surface area contributed by atoms with Crippen LogP contribution in [-0.4, -0.2) is 21.1 Å². The maximum Gasteiger partial charge on any atom is 0.272 e. The van der Waals surface area contributed by atoms with Crippen LogP contribution in [0.15, 0.2) is 30.6 Å². The number of carbonyl (C=O) groups is 1. The zero-order valence-electron chi connectivity index (χ0n) is 8.90. The molecule has 0 unspecified atom stereocenters. The van der Waals surface area contributed by atoms with Crippen LogP contribution in [0.4, 0.5) is 0 Å². The molecule has 0 aromatic carbocycles. The molecule has 1 amide bonds. The molecular weight excluding hydrogens is 204 g/mol. The van der Waals surface area contributed by atoms with Gasteiger partial charge < -0.3 is 5.32 Å². The Kier molecular flexibility index (Phi) is 2.95. The minimum absolute atomic E-state index is 0.179. The van der Waals surface area contributed by atoms with Gasteiger partial charge in [-0.3, -0.25) is 14.9 Å². The fraction of sp³-hybridized carbons (Fsp3) is 0.182. The van der Waals surface area contributed by atoms with E-state index in [2.05, 4.69) is 20.5 Å². The number of aryl methyl sites for hydroxylation is 1. The van der Waals surface area contributed by atoms with Crippen LogP contribution in [-0.2, 0) is 6.54 Å². The molecule has 2 heterocycles. The molecule has 16 heavy (non-hydrogen) atoms. The molecule has 0 aliphatic heterocycles. The topological polar surface area (TPSA) is 70.7 Å². The molecule has 0 saturated heterocycles. The number of aromatic nitrogens is 3. The van der Waals surface area contributed by atoms with E-state index < -0.39 is 0 Å². The number of hydrogen-bond acceptors (Lipinski definition) is 3. The lowest BCUT2D eigenvalue weighted by Gasteiger charge is -2.02. The lowest BCUT2D eigenvalue weighted by atomic mass is 10.2. The van der Waals surface area contributed by atoms with Crippen LogP contribution in [0, 0.1) is 6.92 Å². The van der Waals surface area contributed by atoms with E-state index in [9.17, 15) is 4.79 Å². The average molecular weight is 216 g/mol. The summed E-state index contributed by atoms with van der Waals surface area (Å²) in [5.74, 6) is -0.179. The third-order valence-electron chi connectivity index (χ3n) is 2.14. The summed E-state index contributed by atoms with van der Waals surface area (Å²) in [6, 6.07) is 5.42. The maximum atomic E-state index is 11.6. The van der Waals surface area contributed by atoms with E-state index in [1.807, 2.05) is 19.1 Å². The van der Waals surface area contributed by atoms with Crippen molar-refractivity contribution in [3.8, 4) is 0 Å². The fourth-order valence-electron chi connectivity index (χ4n) is 1.31. The van der Waals surface area contributed by atoms with Crippen LogP contribution in [0.25, 0.3) is 0 Å². The Hall–Kier alpha value is -2.17. The number of pyridine rings is 1. The smallest absolute Gasteiger partial charge is 0.272 e. The standard InChI is InChI=1S/C11H12N4O/c1-8-6-10(15-14-8)11(16)13-7-9-2-4-12-5-3-9/h2-6H,7H2,1H3,(H,13,16)(H,14,15). The predicted molar refractivity (Wildman–Crippen MR) is 58.7 cm³/mol. The fourth-order valence-corrected chi connectivity index (χ4v) is 1.31. The first-order valence-corrected chi connectivity index (χ1v) is 4.95. The summed E-state index contributed by atoms with van der Waals surface area (Å²) in [6.45, 7) is 2.33. The van der Waals surface area contributed by atoms with Crippen LogP contribution in [0.2, 0.25) is 0 Å². The van der Waals surface area contributed by atoms with Crippen LogP contribution in [0.5, 0.6) is 0 Å². The quantitative estimate of drug-likeness (QED) is 0.805. The number of hydrogen-bond donors (Lipinski definition) is 2. The monoisotopic (exact) mass is 216 g/mol. The first kappa shape index (κ1) is 10.4. The van der Waals surface area contributed by atoms with E-state index >= 15 is 0 Å². The Morgan fingerprint density at radius 1 is 1.44 bits per heavy atom. The van der Waals surface area contributed by atoms with Gasteiger partial charge in [-0.1, -0.05) is 0 Å². The Labute approximate surface area is 92.9 Å². The summed E-state index contributed by atoms with van der Waals surface area (Å²) < 4.78 is 0. The van der Waals surface area contributed by atoms with Gasteiger partial charge in [-0.15, -0.1) is 0 Å². The highest BCUT2D eigenvalue weighted by molar-refractivity contribution is 5.92. The molecule has 2 aromatic rings. The summed E-state index contributed by atoms with van der Waals surface area (Å²) in [5, 5.41) is 9.38. The van der Waals surface area contributed by atoms with Gasteiger partial charge in [-0.2, -0.15) is 5.10 Å². The molecule has 5 heteroatoms. The molecule has 0 bridgehead atoms. The Bertz CT molecular complexity index is 478. The lowest BCUT2D eigenvalue weighted by Crippen LogP contribution is -2.23. The molecule has 0 spiro atoms. The molecule has 2 rings (SSSR count). The zero-order chi connectivity index (χ0) is 11.4. The third kappa shape index (κ3) is 2.44. The van der Waals surface area contributed by atoms with E-state index in [4.69, 9.17) is 0 Å². The molecule has 0 aliphatic rings. The van der Waals surface area contributed by atoms with E-state index in [0.717, 1.165) is 11.3 Å². The lowest BCUT2D eigenvalue weighted by molar-refractivity contribution is 0.0946. The molecule has 0 atom stereocenters. The Morgan fingerprint density at radius 3 is 2.81 bits per heavy atom. The van der Waals surface area contributed by atoms with Gasteiger partial charge in [-0.25, -0.2) is 0 Å². The molecule has 0 aliphatic carbocycles. The van der Waals surface area contributed by atoms with E-state index in [0.29, 0.717) is 12.2 Å². The van der Waals surface area contributed by atoms with Gasteiger partial charge in [-0.05, 0) is 30.7 Å². The van der Waals surface area contributed by atoms with Crippen molar-refractivity contribution in [1.29, 1.82) is 0 Å². The van der Waals surface area contributed by atoms with Gasteiger partial charge in [0.05, 0.1) is 0 Å². The van der Waals surface area contributed by atoms with Crippen LogP contribution >= 0.6 is 0 Å². The van der Waals surface area contributed by atoms with Crippen LogP contribution in [0.3, 0.4) is 0 Å². The van der Waals surface area contributed by atoms with Gasteiger partial charge in [0.1, 0.15) is 5.69 Å². The van der Waals surface area contributed by atoms with Crippen molar-refractivity contribution >= 4 is 5.91 Å². The first-order chi connectivity index (χ1) is 7.75. The molecular formula is C11H12N4O. The summed E-state index contributed by atoms with van der Waals surface area (Å²) in [6.07, 6.45) is 3.39. The number of rotatable bonds is 3. The molecule has 0 radical (unpaired) electrons. The van der Waals surface area contributed by atoms with Gasteiger partial charge >= 0.3 is 0 Å². The summed E-state index contributed by atoms with van der Waals surface area (Å²) in [4.78, 5) is 15.5. The normalized spacial score (nSPS) is 10.1. The average Bonchev–Trinajstić information content (AvgIpc) is 2.74. The van der Waals surface area contributed by atoms with E-state index in [1.54, 1.807) is 18.5 Å². The number of H-pyrrole nitrogens is 1. The second-order valence-electron chi connectivity index (χ2n) is 3.47. The summed E-state index contributed by atoms with van der Waals surface area (Å²) in [7, 11) is 0. The van der Waals surface area contributed by atoms with Crippen molar-refractivity contribution in [2.75, 3.05) is 0 Å². The van der Waals surface area contributed by atoms with E-state index in [-0.39, 0.29) is 5.91 Å². The zero-order valence-corrected chi connectivity index (χ0v) is 8.90. The second-order valence-corrected chi connectivity index (χ2v) is 3.47. The van der Waals surface area contributed by atoms with Crippen molar-refractivity contribution in [1.82, 2.24) is 20.5 Å². The number of nitrogens with one attached hydrogen (secondary N) is 2.